The molecular formula is C14H26N2O2. The van der Waals surface area contributed by atoms with E-state index in [1.165, 1.54) is 32.1 Å². The summed E-state index contributed by atoms with van der Waals surface area (Å²) >= 11 is 0. The number of carbonyl (C=O) groups is 1. The van der Waals surface area contributed by atoms with E-state index in [1.54, 1.807) is 0 Å². The zero-order chi connectivity index (χ0) is 12.8. The fraction of sp³-hybridized carbons (Fsp3) is 0.929. The minimum absolute atomic E-state index is 0.0691. The van der Waals surface area contributed by atoms with Gasteiger partial charge in [-0.05, 0) is 25.2 Å². The molecule has 2 aliphatic rings. The van der Waals surface area contributed by atoms with Crippen molar-refractivity contribution in [3.05, 3.63) is 0 Å². The number of rotatable bonds is 4. The molecule has 0 aromatic rings. The topological polar surface area (TPSA) is 50.4 Å². The maximum Gasteiger partial charge on any atom is 0.250 e. The Morgan fingerprint density at radius 1 is 1.39 bits per heavy atom. The first kappa shape index (κ1) is 13.8. The molecule has 1 amide bonds. The van der Waals surface area contributed by atoms with Crippen molar-refractivity contribution >= 4 is 5.91 Å². The van der Waals surface area contributed by atoms with Crippen LogP contribution in [0.2, 0.25) is 0 Å². The summed E-state index contributed by atoms with van der Waals surface area (Å²) in [7, 11) is 0. The first-order valence-corrected chi connectivity index (χ1v) is 7.44. The number of amides is 1. The Morgan fingerprint density at radius 3 is 2.78 bits per heavy atom. The van der Waals surface area contributed by atoms with E-state index in [-0.39, 0.29) is 12.0 Å². The van der Waals surface area contributed by atoms with E-state index in [2.05, 4.69) is 17.6 Å². The van der Waals surface area contributed by atoms with Crippen molar-refractivity contribution in [1.82, 2.24) is 10.6 Å². The smallest absolute Gasteiger partial charge is 0.250 e. The second kappa shape index (κ2) is 7.10. The number of morpholine rings is 1. The predicted octanol–water partition coefficient (Wildman–Crippen LogP) is 1.45. The van der Waals surface area contributed by atoms with Gasteiger partial charge >= 0.3 is 0 Å². The van der Waals surface area contributed by atoms with Gasteiger partial charge in [0.15, 0.2) is 0 Å². The van der Waals surface area contributed by atoms with E-state index >= 15 is 0 Å². The van der Waals surface area contributed by atoms with Crippen LogP contribution >= 0.6 is 0 Å². The summed E-state index contributed by atoms with van der Waals surface area (Å²) in [6.07, 6.45) is 7.26. The Bertz CT molecular complexity index is 259. The lowest BCUT2D eigenvalue weighted by molar-refractivity contribution is -0.135. The van der Waals surface area contributed by atoms with Crippen molar-refractivity contribution in [1.29, 1.82) is 0 Å². The number of nitrogens with one attached hydrogen (secondary N) is 2. The lowest BCUT2D eigenvalue weighted by Gasteiger charge is -2.32. The molecule has 1 saturated carbocycles. The normalized spacial score (nSPS) is 27.7. The lowest BCUT2D eigenvalue weighted by Crippen LogP contribution is -2.51. The van der Waals surface area contributed by atoms with Gasteiger partial charge in [0.1, 0.15) is 6.10 Å². The molecule has 0 aromatic carbocycles. The highest BCUT2D eigenvalue weighted by Gasteiger charge is 2.28. The zero-order valence-electron chi connectivity index (χ0n) is 11.4. The molecular weight excluding hydrogens is 228 g/mol. The van der Waals surface area contributed by atoms with Crippen LogP contribution in [0, 0.1) is 5.92 Å². The number of ether oxygens (including phenoxy) is 1. The molecule has 4 heteroatoms. The third-order valence-electron chi connectivity index (χ3n) is 4.21. The summed E-state index contributed by atoms with van der Waals surface area (Å²) in [6, 6.07) is 0.336. The van der Waals surface area contributed by atoms with Gasteiger partial charge in [-0.1, -0.05) is 26.2 Å². The summed E-state index contributed by atoms with van der Waals surface area (Å²) < 4.78 is 5.50. The molecule has 2 unspecified atom stereocenters. The lowest BCUT2D eigenvalue weighted by atomic mass is 9.83. The highest BCUT2D eigenvalue weighted by Crippen LogP contribution is 2.27. The van der Waals surface area contributed by atoms with Crippen LogP contribution in [0.25, 0.3) is 0 Å². The summed E-state index contributed by atoms with van der Waals surface area (Å²) in [5, 5.41) is 6.40. The van der Waals surface area contributed by atoms with Gasteiger partial charge in [-0.25, -0.2) is 0 Å². The highest BCUT2D eigenvalue weighted by molar-refractivity contribution is 5.81. The molecule has 4 nitrogen and oxygen atoms in total. The summed E-state index contributed by atoms with van der Waals surface area (Å²) in [5.41, 5.74) is 0. The van der Waals surface area contributed by atoms with Crippen LogP contribution in [0.3, 0.4) is 0 Å². The minimum atomic E-state index is -0.295. The Labute approximate surface area is 110 Å². The Balaban J connectivity index is 1.82. The van der Waals surface area contributed by atoms with Crippen LogP contribution in [0.5, 0.6) is 0 Å². The Kier molecular flexibility index (Phi) is 5.45. The maximum atomic E-state index is 12.1. The maximum absolute atomic E-state index is 12.1. The van der Waals surface area contributed by atoms with Crippen molar-refractivity contribution in [2.24, 2.45) is 5.92 Å². The van der Waals surface area contributed by atoms with Crippen LogP contribution in [-0.4, -0.2) is 37.7 Å². The standard InChI is InChI=1S/C14H26N2O2/c1-2-12(11-6-4-3-5-7-11)16-14(17)13-10-15-8-9-18-13/h11-13,15H,2-10H2,1H3,(H,16,17). The number of hydrogen-bond donors (Lipinski definition) is 2. The van der Waals surface area contributed by atoms with Gasteiger partial charge in [-0.15, -0.1) is 0 Å². The van der Waals surface area contributed by atoms with Gasteiger partial charge in [-0.3, -0.25) is 4.79 Å². The van der Waals surface area contributed by atoms with Gasteiger partial charge in [0.25, 0.3) is 5.91 Å². The van der Waals surface area contributed by atoms with Gasteiger partial charge in [0, 0.05) is 19.1 Å². The molecule has 18 heavy (non-hydrogen) atoms. The van der Waals surface area contributed by atoms with Crippen molar-refractivity contribution in [2.45, 2.75) is 57.6 Å². The van der Waals surface area contributed by atoms with E-state index < -0.39 is 0 Å². The summed E-state index contributed by atoms with van der Waals surface area (Å²) in [4.78, 5) is 12.1. The molecule has 2 fully saturated rings. The number of carbonyl (C=O) groups excluding carboxylic acids is 1. The van der Waals surface area contributed by atoms with Crippen LogP contribution in [-0.2, 0) is 9.53 Å². The van der Waals surface area contributed by atoms with Gasteiger partial charge in [0.2, 0.25) is 0 Å². The van der Waals surface area contributed by atoms with Crippen LogP contribution in [0.1, 0.15) is 45.4 Å². The first-order valence-electron chi connectivity index (χ1n) is 7.44. The van der Waals surface area contributed by atoms with E-state index in [1.807, 2.05) is 0 Å². The molecule has 0 aromatic heterocycles. The fourth-order valence-corrected chi connectivity index (χ4v) is 3.10. The van der Waals surface area contributed by atoms with Crippen molar-refractivity contribution in [3.63, 3.8) is 0 Å². The third kappa shape index (κ3) is 3.69. The molecule has 1 saturated heterocycles. The van der Waals surface area contributed by atoms with Crippen molar-refractivity contribution < 1.29 is 9.53 Å². The molecule has 2 N–H and O–H groups in total. The molecule has 0 spiro atoms. The summed E-state index contributed by atoms with van der Waals surface area (Å²) in [5.74, 6) is 0.740. The van der Waals surface area contributed by atoms with Crippen LogP contribution < -0.4 is 10.6 Å². The second-order valence-electron chi connectivity index (χ2n) is 5.48. The largest absolute Gasteiger partial charge is 0.366 e. The van der Waals surface area contributed by atoms with E-state index in [9.17, 15) is 4.79 Å². The Hall–Kier alpha value is -0.610. The first-order chi connectivity index (χ1) is 8.81. The molecule has 0 bridgehead atoms. The summed E-state index contributed by atoms with van der Waals surface area (Å²) in [6.45, 7) is 4.30. The Morgan fingerprint density at radius 2 is 2.17 bits per heavy atom. The molecule has 1 aliphatic carbocycles. The average Bonchev–Trinajstić information content (AvgIpc) is 2.46. The quantitative estimate of drug-likeness (QED) is 0.798. The minimum Gasteiger partial charge on any atom is -0.366 e. The molecule has 104 valence electrons. The SMILES string of the molecule is CCC(NC(=O)C1CNCCO1)C1CCCCC1. The van der Waals surface area contributed by atoms with Crippen molar-refractivity contribution in [3.8, 4) is 0 Å². The van der Waals surface area contributed by atoms with Gasteiger partial charge < -0.3 is 15.4 Å². The number of hydrogen-bond acceptors (Lipinski definition) is 3. The van der Waals surface area contributed by atoms with E-state index in [4.69, 9.17) is 4.74 Å². The van der Waals surface area contributed by atoms with E-state index in [0.29, 0.717) is 25.1 Å². The predicted molar refractivity (Wildman–Crippen MR) is 71.4 cm³/mol. The highest BCUT2D eigenvalue weighted by atomic mass is 16.5. The zero-order valence-corrected chi connectivity index (χ0v) is 11.4. The van der Waals surface area contributed by atoms with Crippen molar-refractivity contribution in [2.75, 3.05) is 19.7 Å². The molecule has 1 aliphatic heterocycles. The molecule has 1 heterocycles. The van der Waals surface area contributed by atoms with Gasteiger partial charge in [-0.2, -0.15) is 0 Å². The molecule has 2 atom stereocenters. The third-order valence-corrected chi connectivity index (χ3v) is 4.21. The monoisotopic (exact) mass is 254 g/mol. The average molecular weight is 254 g/mol. The van der Waals surface area contributed by atoms with E-state index in [0.717, 1.165) is 13.0 Å². The van der Waals surface area contributed by atoms with Crippen LogP contribution in [0.4, 0.5) is 0 Å². The fourth-order valence-electron chi connectivity index (χ4n) is 3.10. The van der Waals surface area contributed by atoms with Crippen LogP contribution in [0.15, 0.2) is 0 Å². The molecule has 2 rings (SSSR count). The second-order valence-corrected chi connectivity index (χ2v) is 5.48. The van der Waals surface area contributed by atoms with Gasteiger partial charge in [0.05, 0.1) is 6.61 Å². The molecule has 0 radical (unpaired) electrons.